The van der Waals surface area contributed by atoms with E-state index in [1.807, 2.05) is 0 Å². The van der Waals surface area contributed by atoms with Crippen LogP contribution in [0.25, 0.3) is 11.0 Å². The summed E-state index contributed by atoms with van der Waals surface area (Å²) in [5, 5.41) is 0.150. The topological polar surface area (TPSA) is 30.2 Å². The van der Waals surface area contributed by atoms with Crippen molar-refractivity contribution in [2.24, 2.45) is 0 Å². The summed E-state index contributed by atoms with van der Waals surface area (Å²) < 4.78 is 41.3. The Bertz CT molecular complexity index is 574. The highest BCUT2D eigenvalue weighted by molar-refractivity contribution is 8.00. The summed E-state index contributed by atoms with van der Waals surface area (Å²) in [6.07, 6.45) is 0.836. The Balaban J connectivity index is 2.57. The lowest BCUT2D eigenvalue weighted by Crippen LogP contribution is -2.08. The Morgan fingerprint density at radius 3 is 2.56 bits per heavy atom. The van der Waals surface area contributed by atoms with E-state index in [1.165, 1.54) is 12.1 Å². The highest BCUT2D eigenvalue weighted by atomic mass is 32.2. The minimum Gasteiger partial charge on any atom is -0.463 e. The van der Waals surface area contributed by atoms with E-state index < -0.39 is 27.6 Å². The van der Waals surface area contributed by atoms with Crippen molar-refractivity contribution >= 4 is 22.7 Å². The lowest BCUT2D eigenvalue weighted by atomic mass is 10.2. The van der Waals surface area contributed by atoms with Crippen LogP contribution in [0.5, 0.6) is 0 Å². The highest BCUT2D eigenvalue weighted by Crippen LogP contribution is 2.35. The molecule has 1 aromatic carbocycles. The van der Waals surface area contributed by atoms with Crippen molar-refractivity contribution in [1.82, 2.24) is 0 Å². The first kappa shape index (κ1) is 11.1. The molecule has 0 aliphatic rings. The van der Waals surface area contributed by atoms with E-state index in [2.05, 4.69) is 0 Å². The van der Waals surface area contributed by atoms with Gasteiger partial charge in [-0.3, -0.25) is 4.79 Å². The third-order valence-electron chi connectivity index (χ3n) is 1.87. The summed E-state index contributed by atoms with van der Waals surface area (Å²) in [5.41, 5.74) is -4.87. The molecular formula is C10H5F3O2S. The number of fused-ring (bicyclic) bond motifs is 1. The normalized spacial score (nSPS) is 11.9. The van der Waals surface area contributed by atoms with Gasteiger partial charge in [-0.15, -0.1) is 0 Å². The zero-order valence-corrected chi connectivity index (χ0v) is 8.56. The molecule has 0 amide bonds. The second-order valence-electron chi connectivity index (χ2n) is 2.97. The van der Waals surface area contributed by atoms with Crippen molar-refractivity contribution in [1.29, 1.82) is 0 Å². The van der Waals surface area contributed by atoms with Crippen molar-refractivity contribution in [3.05, 3.63) is 40.8 Å². The van der Waals surface area contributed by atoms with E-state index in [4.69, 9.17) is 4.42 Å². The van der Waals surface area contributed by atoms with Gasteiger partial charge < -0.3 is 4.42 Å². The number of halogens is 3. The van der Waals surface area contributed by atoms with Gasteiger partial charge >= 0.3 is 5.51 Å². The second-order valence-corrected chi connectivity index (χ2v) is 4.08. The predicted octanol–water partition coefficient (Wildman–Crippen LogP) is 3.40. The van der Waals surface area contributed by atoms with Crippen LogP contribution in [-0.2, 0) is 0 Å². The van der Waals surface area contributed by atoms with Crippen LogP contribution in [0.1, 0.15) is 0 Å². The number of benzene rings is 1. The number of hydrogen-bond donors (Lipinski definition) is 0. The van der Waals surface area contributed by atoms with Crippen molar-refractivity contribution in [3.63, 3.8) is 0 Å². The first-order valence-corrected chi connectivity index (χ1v) is 5.05. The fraction of sp³-hybridized carbons (Fsp3) is 0.100. The summed E-state index contributed by atoms with van der Waals surface area (Å²) in [6, 6.07) is 6.17. The zero-order chi connectivity index (χ0) is 11.8. The molecule has 6 heteroatoms. The molecule has 0 bridgehead atoms. The number of para-hydroxylation sites is 1. The molecule has 16 heavy (non-hydrogen) atoms. The van der Waals surface area contributed by atoms with Gasteiger partial charge in [-0.1, -0.05) is 12.1 Å². The van der Waals surface area contributed by atoms with Crippen LogP contribution < -0.4 is 5.43 Å². The van der Waals surface area contributed by atoms with Crippen LogP contribution in [0.4, 0.5) is 13.2 Å². The maximum atomic E-state index is 12.1. The molecule has 0 saturated heterocycles. The number of rotatable bonds is 1. The Morgan fingerprint density at radius 1 is 1.19 bits per heavy atom. The molecule has 0 N–H and O–H groups in total. The van der Waals surface area contributed by atoms with E-state index in [-0.39, 0.29) is 11.0 Å². The van der Waals surface area contributed by atoms with Gasteiger partial charge in [0, 0.05) is 0 Å². The van der Waals surface area contributed by atoms with Crippen LogP contribution in [0.15, 0.2) is 44.6 Å². The Kier molecular flexibility index (Phi) is 2.67. The third kappa shape index (κ3) is 2.21. The minimum atomic E-state index is -4.49. The zero-order valence-electron chi connectivity index (χ0n) is 7.75. The van der Waals surface area contributed by atoms with Crippen LogP contribution in [-0.4, -0.2) is 5.51 Å². The van der Waals surface area contributed by atoms with Crippen LogP contribution in [0, 0.1) is 0 Å². The molecule has 1 heterocycles. The van der Waals surface area contributed by atoms with E-state index in [1.54, 1.807) is 12.1 Å². The first-order chi connectivity index (χ1) is 7.47. The molecule has 0 spiro atoms. The van der Waals surface area contributed by atoms with Gasteiger partial charge in [0.05, 0.1) is 10.3 Å². The summed E-state index contributed by atoms with van der Waals surface area (Å²) in [6.45, 7) is 0. The molecule has 0 aliphatic heterocycles. The smallest absolute Gasteiger partial charge is 0.446 e. The highest BCUT2D eigenvalue weighted by Gasteiger charge is 2.31. The Hall–Kier alpha value is -1.43. The number of hydrogen-bond acceptors (Lipinski definition) is 3. The largest absolute Gasteiger partial charge is 0.463 e. The quantitative estimate of drug-likeness (QED) is 0.722. The fourth-order valence-electron chi connectivity index (χ4n) is 1.26. The molecule has 2 nitrogen and oxygen atoms in total. The first-order valence-electron chi connectivity index (χ1n) is 4.24. The van der Waals surface area contributed by atoms with Gasteiger partial charge in [0.2, 0.25) is 5.43 Å². The summed E-state index contributed by atoms with van der Waals surface area (Å²) in [7, 11) is 0. The standard InChI is InChI=1S/C10H5F3O2S/c11-10(12,13)16-8-5-15-7-4-2-1-3-6(7)9(8)14/h1-5H. The molecule has 2 aromatic rings. The van der Waals surface area contributed by atoms with Crippen molar-refractivity contribution in [2.45, 2.75) is 10.4 Å². The van der Waals surface area contributed by atoms with Crippen LogP contribution in [0.3, 0.4) is 0 Å². The third-order valence-corrected chi connectivity index (χ3v) is 2.61. The van der Waals surface area contributed by atoms with Crippen molar-refractivity contribution < 1.29 is 17.6 Å². The van der Waals surface area contributed by atoms with E-state index in [9.17, 15) is 18.0 Å². The molecule has 0 radical (unpaired) electrons. The predicted molar refractivity (Wildman–Crippen MR) is 54.4 cm³/mol. The molecule has 0 saturated carbocycles. The van der Waals surface area contributed by atoms with Crippen molar-refractivity contribution in [2.75, 3.05) is 0 Å². The van der Waals surface area contributed by atoms with Gasteiger partial charge in [0.15, 0.2) is 0 Å². The van der Waals surface area contributed by atoms with Gasteiger partial charge in [0.25, 0.3) is 0 Å². The molecule has 0 fully saturated rings. The molecular weight excluding hydrogens is 241 g/mol. The van der Waals surface area contributed by atoms with Crippen molar-refractivity contribution in [3.8, 4) is 0 Å². The number of thioether (sulfide) groups is 1. The lowest BCUT2D eigenvalue weighted by Gasteiger charge is -2.04. The maximum absolute atomic E-state index is 12.1. The van der Waals surface area contributed by atoms with Crippen LogP contribution >= 0.6 is 11.8 Å². The fourth-order valence-corrected chi connectivity index (χ4v) is 1.80. The number of alkyl halides is 3. The molecule has 0 atom stereocenters. The van der Waals surface area contributed by atoms with Gasteiger partial charge in [-0.25, -0.2) is 0 Å². The van der Waals surface area contributed by atoms with Gasteiger partial charge in [-0.05, 0) is 23.9 Å². The van der Waals surface area contributed by atoms with E-state index in [0.29, 0.717) is 0 Å². The van der Waals surface area contributed by atoms with Gasteiger partial charge in [-0.2, -0.15) is 13.2 Å². The van der Waals surface area contributed by atoms with E-state index in [0.717, 1.165) is 6.26 Å². The summed E-state index contributed by atoms with van der Waals surface area (Å²) in [5.74, 6) is 0. The lowest BCUT2D eigenvalue weighted by molar-refractivity contribution is -0.0329. The summed E-state index contributed by atoms with van der Waals surface area (Å²) in [4.78, 5) is 11.2. The van der Waals surface area contributed by atoms with E-state index >= 15 is 0 Å². The van der Waals surface area contributed by atoms with Gasteiger partial charge in [0.1, 0.15) is 11.8 Å². The molecule has 0 unspecified atom stereocenters. The maximum Gasteiger partial charge on any atom is 0.446 e. The molecule has 84 valence electrons. The monoisotopic (exact) mass is 246 g/mol. The average Bonchev–Trinajstić information content (AvgIpc) is 2.21. The molecule has 1 aromatic heterocycles. The summed E-state index contributed by atoms with van der Waals surface area (Å²) >= 11 is -0.464. The Morgan fingerprint density at radius 2 is 1.88 bits per heavy atom. The molecule has 2 rings (SSSR count). The molecule has 0 aliphatic carbocycles. The SMILES string of the molecule is O=c1c(SC(F)(F)F)coc2ccccc12. The minimum absolute atomic E-state index is 0.150. The van der Waals surface area contributed by atoms with Crippen LogP contribution in [0.2, 0.25) is 0 Å². The second kappa shape index (κ2) is 3.86. The average molecular weight is 246 g/mol. The Labute approximate surface area is 92.1 Å².